The lowest BCUT2D eigenvalue weighted by Crippen LogP contribution is -2.11. The maximum atomic E-state index is 10.8. The average Bonchev–Trinajstić information content (AvgIpc) is 2.93. The lowest BCUT2D eigenvalue weighted by Gasteiger charge is -2.15. The zero-order chi connectivity index (χ0) is 18.8. The highest BCUT2D eigenvalue weighted by Crippen LogP contribution is 2.22. The molecule has 2 heterocycles. The Labute approximate surface area is 150 Å². The van der Waals surface area contributed by atoms with Gasteiger partial charge in [-0.25, -0.2) is 9.67 Å². The number of aromatic nitrogens is 4. The van der Waals surface area contributed by atoms with E-state index in [-0.39, 0.29) is 23.5 Å². The van der Waals surface area contributed by atoms with Crippen LogP contribution in [0.5, 0.6) is 0 Å². The van der Waals surface area contributed by atoms with Gasteiger partial charge in [0, 0.05) is 5.69 Å². The van der Waals surface area contributed by atoms with E-state index in [1.807, 2.05) is 55.8 Å². The van der Waals surface area contributed by atoms with E-state index in [0.29, 0.717) is 0 Å². The number of nitrogen functional groups attached to an aromatic ring is 1. The molecule has 9 heteroatoms. The summed E-state index contributed by atoms with van der Waals surface area (Å²) in [4.78, 5) is 18.0. The van der Waals surface area contributed by atoms with E-state index in [1.165, 1.54) is 0 Å². The highest BCUT2D eigenvalue weighted by Gasteiger charge is 2.15. The van der Waals surface area contributed by atoms with Crippen molar-refractivity contribution in [1.82, 2.24) is 19.7 Å². The van der Waals surface area contributed by atoms with Crippen LogP contribution in [0.4, 0.5) is 17.5 Å². The van der Waals surface area contributed by atoms with Gasteiger partial charge in [0.1, 0.15) is 6.20 Å². The number of rotatable bonds is 5. The van der Waals surface area contributed by atoms with Crippen molar-refractivity contribution in [2.45, 2.75) is 26.8 Å². The van der Waals surface area contributed by atoms with E-state index in [9.17, 15) is 10.1 Å². The molecular weight excluding hydrogens is 334 g/mol. The molecule has 1 atom stereocenters. The van der Waals surface area contributed by atoms with E-state index < -0.39 is 4.92 Å². The van der Waals surface area contributed by atoms with Crippen molar-refractivity contribution in [2.24, 2.45) is 0 Å². The number of nitrogens with two attached hydrogens (primary N) is 1. The number of hydrogen-bond acceptors (Lipinski definition) is 7. The van der Waals surface area contributed by atoms with Crippen molar-refractivity contribution >= 4 is 17.5 Å². The van der Waals surface area contributed by atoms with E-state index >= 15 is 0 Å². The molecule has 0 bridgehead atoms. The Balaban J connectivity index is 1.76. The molecule has 3 rings (SSSR count). The molecule has 26 heavy (non-hydrogen) atoms. The van der Waals surface area contributed by atoms with Gasteiger partial charge in [0.15, 0.2) is 0 Å². The molecule has 1 unspecified atom stereocenters. The monoisotopic (exact) mass is 353 g/mol. The second kappa shape index (κ2) is 6.79. The van der Waals surface area contributed by atoms with Gasteiger partial charge in [0.2, 0.25) is 11.8 Å². The van der Waals surface area contributed by atoms with Gasteiger partial charge in [-0.1, -0.05) is 12.1 Å². The quantitative estimate of drug-likeness (QED) is 0.533. The van der Waals surface area contributed by atoms with Gasteiger partial charge in [-0.05, 0) is 44.5 Å². The normalized spacial score (nSPS) is 12.0. The third-order valence-corrected chi connectivity index (χ3v) is 3.99. The van der Waals surface area contributed by atoms with Gasteiger partial charge < -0.3 is 11.1 Å². The Hall–Kier alpha value is -3.49. The smallest absolute Gasteiger partial charge is 0.329 e. The fraction of sp³-hybridized carbons (Fsp3) is 0.235. The van der Waals surface area contributed by atoms with E-state index in [1.54, 1.807) is 0 Å². The molecule has 3 aromatic rings. The number of hydrogen-bond donors (Lipinski definition) is 2. The van der Waals surface area contributed by atoms with E-state index in [2.05, 4.69) is 20.4 Å². The molecule has 134 valence electrons. The van der Waals surface area contributed by atoms with Crippen LogP contribution in [0.25, 0.3) is 5.69 Å². The number of aryl methyl sites for hydroxylation is 2. The molecular formula is C17H19N7O2. The molecule has 0 aliphatic rings. The van der Waals surface area contributed by atoms with Crippen LogP contribution >= 0.6 is 0 Å². The van der Waals surface area contributed by atoms with Gasteiger partial charge >= 0.3 is 5.69 Å². The number of nitrogens with zero attached hydrogens (tertiary/aromatic N) is 5. The largest absolute Gasteiger partial charge is 0.378 e. The zero-order valence-electron chi connectivity index (χ0n) is 14.7. The highest BCUT2D eigenvalue weighted by molar-refractivity contribution is 5.53. The summed E-state index contributed by atoms with van der Waals surface area (Å²) in [6.45, 7) is 5.91. The minimum Gasteiger partial charge on any atom is -0.378 e. The minimum absolute atomic E-state index is 0.106. The summed E-state index contributed by atoms with van der Waals surface area (Å²) in [5, 5.41) is 18.3. The molecule has 0 spiro atoms. The first-order chi connectivity index (χ1) is 12.3. The van der Waals surface area contributed by atoms with Crippen LogP contribution in [-0.2, 0) is 0 Å². The standard InChI is InChI=1S/C17H19N7O2/c1-10-8-11(2)23(22-10)14-6-4-13(5-7-14)12(3)20-17-19-9-15(24(25)26)16(18)21-17/h4-9,12H,1-3H3,(H3,18,19,20,21). The predicted molar refractivity (Wildman–Crippen MR) is 98.2 cm³/mol. The Morgan fingerprint density at radius 2 is 1.96 bits per heavy atom. The Morgan fingerprint density at radius 3 is 2.50 bits per heavy atom. The topological polar surface area (TPSA) is 125 Å². The molecule has 9 nitrogen and oxygen atoms in total. The molecule has 0 aliphatic heterocycles. The first-order valence-corrected chi connectivity index (χ1v) is 8.02. The lowest BCUT2D eigenvalue weighted by atomic mass is 10.1. The molecule has 0 saturated carbocycles. The maximum absolute atomic E-state index is 10.8. The van der Waals surface area contributed by atoms with Gasteiger partial charge in [-0.15, -0.1) is 0 Å². The summed E-state index contributed by atoms with van der Waals surface area (Å²) >= 11 is 0. The van der Waals surface area contributed by atoms with Crippen LogP contribution < -0.4 is 11.1 Å². The predicted octanol–water partition coefficient (Wildman–Crippen LogP) is 2.94. The van der Waals surface area contributed by atoms with Crippen molar-refractivity contribution in [2.75, 3.05) is 11.1 Å². The van der Waals surface area contributed by atoms with E-state index in [4.69, 9.17) is 5.73 Å². The molecule has 2 aromatic heterocycles. The molecule has 0 fully saturated rings. The maximum Gasteiger partial charge on any atom is 0.329 e. The van der Waals surface area contributed by atoms with Crippen LogP contribution in [0.1, 0.15) is 29.9 Å². The van der Waals surface area contributed by atoms with Crippen LogP contribution in [0.2, 0.25) is 0 Å². The van der Waals surface area contributed by atoms with Gasteiger partial charge in [-0.2, -0.15) is 10.1 Å². The fourth-order valence-electron chi connectivity index (χ4n) is 2.67. The van der Waals surface area contributed by atoms with Crippen LogP contribution in [0, 0.1) is 24.0 Å². The van der Waals surface area contributed by atoms with Gasteiger partial charge in [0.05, 0.1) is 22.3 Å². The number of anilines is 2. The van der Waals surface area contributed by atoms with Crippen molar-refractivity contribution < 1.29 is 4.92 Å². The third-order valence-electron chi connectivity index (χ3n) is 3.99. The Morgan fingerprint density at radius 1 is 1.27 bits per heavy atom. The van der Waals surface area contributed by atoms with Crippen molar-refractivity contribution in [3.63, 3.8) is 0 Å². The van der Waals surface area contributed by atoms with Crippen LogP contribution in [-0.4, -0.2) is 24.7 Å². The first-order valence-electron chi connectivity index (χ1n) is 8.02. The summed E-state index contributed by atoms with van der Waals surface area (Å²) in [6, 6.07) is 9.85. The first kappa shape index (κ1) is 17.3. The van der Waals surface area contributed by atoms with Crippen LogP contribution in [0.3, 0.4) is 0 Å². The number of benzene rings is 1. The second-order valence-electron chi connectivity index (χ2n) is 6.02. The molecule has 1 aromatic carbocycles. The Bertz CT molecular complexity index is 950. The molecule has 0 aliphatic carbocycles. The van der Waals surface area contributed by atoms with E-state index in [0.717, 1.165) is 28.8 Å². The van der Waals surface area contributed by atoms with Crippen molar-refractivity contribution in [3.8, 4) is 5.69 Å². The van der Waals surface area contributed by atoms with Gasteiger partial charge in [0.25, 0.3) is 0 Å². The molecule has 0 saturated heterocycles. The summed E-state index contributed by atoms with van der Waals surface area (Å²) in [7, 11) is 0. The fourth-order valence-corrected chi connectivity index (χ4v) is 2.67. The molecule has 3 N–H and O–H groups in total. The summed E-state index contributed by atoms with van der Waals surface area (Å²) in [5.74, 6) is 0.0720. The molecule has 0 amide bonds. The van der Waals surface area contributed by atoms with Crippen molar-refractivity contribution in [1.29, 1.82) is 0 Å². The average molecular weight is 353 g/mol. The lowest BCUT2D eigenvalue weighted by molar-refractivity contribution is -0.384. The zero-order valence-corrected chi connectivity index (χ0v) is 14.7. The molecule has 0 radical (unpaired) electrons. The SMILES string of the molecule is Cc1cc(C)n(-c2ccc(C(C)Nc3ncc([N+](=O)[O-])c(N)n3)cc2)n1. The minimum atomic E-state index is -0.611. The third kappa shape index (κ3) is 3.46. The summed E-state index contributed by atoms with van der Waals surface area (Å²) in [5.41, 5.74) is 9.30. The van der Waals surface area contributed by atoms with Crippen molar-refractivity contribution in [3.05, 3.63) is 63.6 Å². The number of nitrogens with one attached hydrogen (secondary N) is 1. The van der Waals surface area contributed by atoms with Gasteiger partial charge in [-0.3, -0.25) is 10.1 Å². The second-order valence-corrected chi connectivity index (χ2v) is 6.02. The highest BCUT2D eigenvalue weighted by atomic mass is 16.6. The summed E-state index contributed by atoms with van der Waals surface area (Å²) in [6.07, 6.45) is 1.10. The van der Waals surface area contributed by atoms with Crippen LogP contribution in [0.15, 0.2) is 36.5 Å². The number of nitro groups is 1. The Kier molecular flexibility index (Phi) is 4.53. The summed E-state index contributed by atoms with van der Waals surface area (Å²) < 4.78 is 1.89.